The van der Waals surface area contributed by atoms with Crippen LogP contribution in [0.15, 0.2) is 82.8 Å². The van der Waals surface area contributed by atoms with Crippen LogP contribution in [0.25, 0.3) is 0 Å². The van der Waals surface area contributed by atoms with Crippen LogP contribution in [0.1, 0.15) is 47.8 Å². The molecule has 0 bridgehead atoms. The number of amides is 3. The fourth-order valence-corrected chi connectivity index (χ4v) is 5.22. The number of benzene rings is 3. The lowest BCUT2D eigenvalue weighted by atomic mass is 10.1. The second-order valence-electron chi connectivity index (χ2n) is 10.4. The zero-order valence-electron chi connectivity index (χ0n) is 23.2. The number of hydrogen-bond donors (Lipinski definition) is 2. The number of aryl methyl sites for hydroxylation is 1. The summed E-state index contributed by atoms with van der Waals surface area (Å²) in [6.07, 6.45) is 1.50. The average Bonchev–Trinajstić information content (AvgIpc) is 3.19. The van der Waals surface area contributed by atoms with Gasteiger partial charge in [-0.2, -0.15) is 5.10 Å². The normalized spacial score (nSPS) is 13.8. The molecule has 0 atom stereocenters. The van der Waals surface area contributed by atoms with Crippen LogP contribution < -0.4 is 15.6 Å². The van der Waals surface area contributed by atoms with Crippen LogP contribution in [0.3, 0.4) is 0 Å². The number of nitrogens with one attached hydrogen (secondary N) is 2. The van der Waals surface area contributed by atoms with E-state index in [2.05, 4.69) is 15.8 Å². The van der Waals surface area contributed by atoms with E-state index in [1.807, 2.05) is 81.4 Å². The summed E-state index contributed by atoms with van der Waals surface area (Å²) in [6, 6.07) is 22.8. The number of rotatable bonds is 9. The van der Waals surface area contributed by atoms with Crippen molar-refractivity contribution in [2.75, 3.05) is 24.3 Å². The van der Waals surface area contributed by atoms with Gasteiger partial charge in [-0.3, -0.25) is 4.79 Å². The Labute approximate surface area is 239 Å². The molecule has 4 rings (SSSR count). The molecule has 1 aliphatic rings. The molecule has 40 heavy (non-hydrogen) atoms. The molecule has 1 aliphatic heterocycles. The SMILES string of the molecule is COC(=O)c1ccc(CCSc2ccc3c(c2)C(=NNC(=O)NC(C)(C)C)C(=O)N3CCc2ccccc2)cc1. The van der Waals surface area contributed by atoms with Gasteiger partial charge in [-0.15, -0.1) is 11.8 Å². The molecule has 1 heterocycles. The molecule has 0 aliphatic carbocycles. The topological polar surface area (TPSA) is 100 Å². The molecule has 3 aromatic rings. The molecule has 0 unspecified atom stereocenters. The maximum Gasteiger partial charge on any atom is 0.337 e. The molecule has 2 N–H and O–H groups in total. The highest BCUT2D eigenvalue weighted by atomic mass is 32.2. The summed E-state index contributed by atoms with van der Waals surface area (Å²) in [5.41, 5.74) is 6.52. The summed E-state index contributed by atoms with van der Waals surface area (Å²) in [5.74, 6) is 0.213. The molecule has 208 valence electrons. The third kappa shape index (κ3) is 7.51. The molecule has 0 radical (unpaired) electrons. The second-order valence-corrected chi connectivity index (χ2v) is 11.6. The van der Waals surface area contributed by atoms with Crippen LogP contribution in [0.4, 0.5) is 10.5 Å². The summed E-state index contributed by atoms with van der Waals surface area (Å²) < 4.78 is 4.76. The van der Waals surface area contributed by atoms with Gasteiger partial charge in [-0.1, -0.05) is 42.5 Å². The highest BCUT2D eigenvalue weighted by molar-refractivity contribution is 7.99. The Morgan fingerprint density at radius 3 is 2.33 bits per heavy atom. The Morgan fingerprint density at radius 1 is 0.950 bits per heavy atom. The molecular formula is C31H34N4O4S. The first-order valence-corrected chi connectivity index (χ1v) is 14.1. The van der Waals surface area contributed by atoms with Gasteiger partial charge in [0.15, 0.2) is 5.71 Å². The molecule has 0 saturated carbocycles. The molecule has 3 aromatic carbocycles. The predicted molar refractivity (Wildman–Crippen MR) is 159 cm³/mol. The summed E-state index contributed by atoms with van der Waals surface area (Å²) in [7, 11) is 1.37. The zero-order chi connectivity index (χ0) is 28.7. The maximum atomic E-state index is 13.5. The van der Waals surface area contributed by atoms with Gasteiger partial charge in [0.05, 0.1) is 18.4 Å². The minimum Gasteiger partial charge on any atom is -0.465 e. The molecule has 0 spiro atoms. The number of esters is 1. The number of anilines is 1. The van der Waals surface area contributed by atoms with Crippen molar-refractivity contribution in [1.29, 1.82) is 0 Å². The van der Waals surface area contributed by atoms with E-state index in [-0.39, 0.29) is 17.6 Å². The smallest absolute Gasteiger partial charge is 0.337 e. The van der Waals surface area contributed by atoms with Crippen LogP contribution in [-0.2, 0) is 22.4 Å². The first-order chi connectivity index (χ1) is 19.1. The Morgan fingerprint density at radius 2 is 1.65 bits per heavy atom. The van der Waals surface area contributed by atoms with E-state index >= 15 is 0 Å². The quantitative estimate of drug-likeness (QED) is 0.214. The van der Waals surface area contributed by atoms with E-state index < -0.39 is 11.6 Å². The number of carbonyl (C=O) groups is 3. The Bertz CT molecular complexity index is 1400. The maximum absolute atomic E-state index is 13.5. The largest absolute Gasteiger partial charge is 0.465 e. The van der Waals surface area contributed by atoms with Gasteiger partial charge in [0.1, 0.15) is 0 Å². The molecule has 0 aromatic heterocycles. The van der Waals surface area contributed by atoms with Crippen LogP contribution in [0.2, 0.25) is 0 Å². The van der Waals surface area contributed by atoms with E-state index in [0.29, 0.717) is 24.1 Å². The standard InChI is InChI=1S/C31H34N4O4S/c1-31(2,3)32-30(38)34-33-27-25-20-24(40-19-17-22-10-12-23(13-11-22)29(37)39-4)14-15-26(25)35(28(27)36)18-16-21-8-6-5-7-9-21/h5-15,20H,16-19H2,1-4H3,(H2,32,34,38). The summed E-state index contributed by atoms with van der Waals surface area (Å²) >= 11 is 1.67. The van der Waals surface area contributed by atoms with Crippen LogP contribution in [0, 0.1) is 0 Å². The number of nitrogens with zero attached hydrogens (tertiary/aromatic N) is 2. The number of hydrogen-bond acceptors (Lipinski definition) is 6. The minimum atomic E-state index is -0.471. The minimum absolute atomic E-state index is 0.216. The fourth-order valence-electron chi connectivity index (χ4n) is 4.29. The highest BCUT2D eigenvalue weighted by Gasteiger charge is 2.34. The summed E-state index contributed by atoms with van der Waals surface area (Å²) in [5, 5.41) is 7.05. The summed E-state index contributed by atoms with van der Waals surface area (Å²) in [4.78, 5) is 40.2. The summed E-state index contributed by atoms with van der Waals surface area (Å²) in [6.45, 7) is 6.12. The number of methoxy groups -OCH3 is 1. The van der Waals surface area contributed by atoms with Gasteiger partial charge in [0.2, 0.25) is 0 Å². The van der Waals surface area contributed by atoms with Gasteiger partial charge < -0.3 is 15.0 Å². The Hall–Kier alpha value is -4.11. The van der Waals surface area contributed by atoms with Crippen molar-refractivity contribution < 1.29 is 19.1 Å². The van der Waals surface area contributed by atoms with Gasteiger partial charge in [-0.05, 0) is 75.1 Å². The number of fused-ring (bicyclic) bond motifs is 1. The third-order valence-corrected chi connectivity index (χ3v) is 7.22. The fraction of sp³-hybridized carbons (Fsp3) is 0.290. The van der Waals surface area contributed by atoms with Gasteiger partial charge in [-0.25, -0.2) is 15.0 Å². The first-order valence-electron chi connectivity index (χ1n) is 13.1. The lowest BCUT2D eigenvalue weighted by molar-refractivity contribution is -0.112. The van der Waals surface area contributed by atoms with E-state index in [1.54, 1.807) is 28.8 Å². The van der Waals surface area contributed by atoms with E-state index in [4.69, 9.17) is 4.74 Å². The lowest BCUT2D eigenvalue weighted by Crippen LogP contribution is -2.45. The van der Waals surface area contributed by atoms with Crippen LogP contribution in [0.5, 0.6) is 0 Å². The van der Waals surface area contributed by atoms with Crippen molar-refractivity contribution >= 4 is 41.1 Å². The van der Waals surface area contributed by atoms with Crippen molar-refractivity contribution in [2.45, 2.75) is 44.0 Å². The molecule has 9 heteroatoms. The molecule has 3 amide bonds. The molecular weight excluding hydrogens is 524 g/mol. The zero-order valence-corrected chi connectivity index (χ0v) is 24.0. The number of ether oxygens (including phenoxy) is 1. The van der Waals surface area contributed by atoms with E-state index in [1.165, 1.54) is 7.11 Å². The number of hydrazone groups is 1. The van der Waals surface area contributed by atoms with Crippen molar-refractivity contribution in [3.63, 3.8) is 0 Å². The van der Waals surface area contributed by atoms with Crippen molar-refractivity contribution in [2.24, 2.45) is 5.10 Å². The van der Waals surface area contributed by atoms with Crippen molar-refractivity contribution in [3.8, 4) is 0 Å². The number of thioether (sulfide) groups is 1. The van der Waals surface area contributed by atoms with E-state index in [0.717, 1.165) is 33.9 Å². The van der Waals surface area contributed by atoms with Crippen LogP contribution in [-0.4, -0.2) is 48.6 Å². The molecule has 0 saturated heterocycles. The third-order valence-electron chi connectivity index (χ3n) is 6.22. The first kappa shape index (κ1) is 28.9. The molecule has 0 fully saturated rings. The highest BCUT2D eigenvalue weighted by Crippen LogP contribution is 2.33. The van der Waals surface area contributed by atoms with Crippen LogP contribution >= 0.6 is 11.8 Å². The van der Waals surface area contributed by atoms with Gasteiger partial charge >= 0.3 is 12.0 Å². The average molecular weight is 559 g/mol. The van der Waals surface area contributed by atoms with Crippen molar-refractivity contribution in [3.05, 3.63) is 95.1 Å². The second kappa shape index (κ2) is 12.8. The van der Waals surface area contributed by atoms with Gasteiger partial charge in [0, 0.05) is 28.3 Å². The number of carbonyl (C=O) groups excluding carboxylic acids is 3. The lowest BCUT2D eigenvalue weighted by Gasteiger charge is -2.19. The molecule has 8 nitrogen and oxygen atoms in total. The Balaban J connectivity index is 1.49. The predicted octanol–water partition coefficient (Wildman–Crippen LogP) is 5.20. The monoisotopic (exact) mass is 558 g/mol. The Kier molecular flexibility index (Phi) is 9.26. The van der Waals surface area contributed by atoms with Crippen molar-refractivity contribution in [1.82, 2.24) is 10.7 Å². The number of urea groups is 1. The van der Waals surface area contributed by atoms with E-state index in [9.17, 15) is 14.4 Å². The van der Waals surface area contributed by atoms with Gasteiger partial charge in [0.25, 0.3) is 5.91 Å².